The van der Waals surface area contributed by atoms with E-state index in [4.69, 9.17) is 4.74 Å². The molecular formula is C16H17BrO2. The molecule has 1 unspecified atom stereocenters. The van der Waals surface area contributed by atoms with Crippen LogP contribution in [0.5, 0.6) is 0 Å². The Bertz CT molecular complexity index is 540. The Morgan fingerprint density at radius 1 is 1.05 bits per heavy atom. The highest BCUT2D eigenvalue weighted by Crippen LogP contribution is 2.26. The van der Waals surface area contributed by atoms with Crippen LogP contribution in [-0.2, 0) is 17.8 Å². The van der Waals surface area contributed by atoms with Gasteiger partial charge in [-0.1, -0.05) is 58.4 Å². The van der Waals surface area contributed by atoms with Crippen molar-refractivity contribution in [3.8, 4) is 0 Å². The fourth-order valence-electron chi connectivity index (χ4n) is 2.13. The van der Waals surface area contributed by atoms with E-state index in [-0.39, 0.29) is 0 Å². The van der Waals surface area contributed by atoms with Gasteiger partial charge in [-0.05, 0) is 22.8 Å². The molecule has 0 radical (unpaired) electrons. The fourth-order valence-corrected chi connectivity index (χ4v) is 2.58. The van der Waals surface area contributed by atoms with E-state index in [2.05, 4.69) is 15.9 Å². The Morgan fingerprint density at radius 2 is 1.68 bits per heavy atom. The van der Waals surface area contributed by atoms with Gasteiger partial charge in [0.2, 0.25) is 0 Å². The molecule has 0 fully saturated rings. The number of ether oxygens (including phenoxy) is 1. The van der Waals surface area contributed by atoms with E-state index in [1.54, 1.807) is 7.11 Å². The van der Waals surface area contributed by atoms with E-state index in [9.17, 15) is 5.11 Å². The van der Waals surface area contributed by atoms with E-state index in [0.717, 1.165) is 21.2 Å². The van der Waals surface area contributed by atoms with Crippen molar-refractivity contribution in [3.63, 3.8) is 0 Å². The SMILES string of the molecule is COCc1ccccc1C(O)Cc1ccccc1Br. The number of hydrogen-bond donors (Lipinski definition) is 1. The summed E-state index contributed by atoms with van der Waals surface area (Å²) in [6.45, 7) is 0.517. The molecule has 1 atom stereocenters. The summed E-state index contributed by atoms with van der Waals surface area (Å²) >= 11 is 3.51. The number of aliphatic hydroxyl groups is 1. The lowest BCUT2D eigenvalue weighted by Crippen LogP contribution is -2.06. The van der Waals surface area contributed by atoms with Gasteiger partial charge in [-0.2, -0.15) is 0 Å². The third-order valence-electron chi connectivity index (χ3n) is 3.09. The summed E-state index contributed by atoms with van der Waals surface area (Å²) in [5.41, 5.74) is 3.06. The molecule has 0 spiro atoms. The zero-order valence-corrected chi connectivity index (χ0v) is 12.4. The molecule has 0 aliphatic carbocycles. The molecule has 0 aliphatic rings. The van der Waals surface area contributed by atoms with Crippen molar-refractivity contribution in [1.29, 1.82) is 0 Å². The first-order valence-corrected chi connectivity index (χ1v) is 7.00. The van der Waals surface area contributed by atoms with E-state index in [1.165, 1.54) is 0 Å². The first kappa shape index (κ1) is 14.3. The Kier molecular flexibility index (Phi) is 5.14. The molecule has 0 saturated heterocycles. The van der Waals surface area contributed by atoms with Crippen LogP contribution in [0.15, 0.2) is 53.0 Å². The highest BCUT2D eigenvalue weighted by molar-refractivity contribution is 9.10. The molecular weight excluding hydrogens is 304 g/mol. The van der Waals surface area contributed by atoms with Gasteiger partial charge < -0.3 is 9.84 Å². The van der Waals surface area contributed by atoms with Gasteiger partial charge in [0.05, 0.1) is 12.7 Å². The predicted octanol–water partition coefficient (Wildman–Crippen LogP) is 3.87. The van der Waals surface area contributed by atoms with Crippen LogP contribution in [-0.4, -0.2) is 12.2 Å². The zero-order valence-electron chi connectivity index (χ0n) is 10.8. The first-order valence-electron chi connectivity index (χ1n) is 6.20. The molecule has 0 amide bonds. The Hall–Kier alpha value is -1.16. The number of rotatable bonds is 5. The second-order valence-electron chi connectivity index (χ2n) is 4.44. The van der Waals surface area contributed by atoms with Crippen LogP contribution in [0.2, 0.25) is 0 Å². The van der Waals surface area contributed by atoms with Crippen LogP contribution in [0, 0.1) is 0 Å². The van der Waals surface area contributed by atoms with Crippen LogP contribution >= 0.6 is 15.9 Å². The number of hydrogen-bond acceptors (Lipinski definition) is 2. The van der Waals surface area contributed by atoms with Gasteiger partial charge in [0.25, 0.3) is 0 Å². The summed E-state index contributed by atoms with van der Waals surface area (Å²) in [4.78, 5) is 0. The number of methoxy groups -OCH3 is 1. The standard InChI is InChI=1S/C16H17BrO2/c1-19-11-13-7-2-4-8-14(13)16(18)10-12-6-3-5-9-15(12)17/h2-9,16,18H,10-11H2,1H3. The third-order valence-corrected chi connectivity index (χ3v) is 3.86. The van der Waals surface area contributed by atoms with Crippen molar-refractivity contribution in [1.82, 2.24) is 0 Å². The minimum Gasteiger partial charge on any atom is -0.388 e. The van der Waals surface area contributed by atoms with Crippen LogP contribution in [0.4, 0.5) is 0 Å². The average Bonchev–Trinajstić information content (AvgIpc) is 2.42. The molecule has 3 heteroatoms. The fraction of sp³-hybridized carbons (Fsp3) is 0.250. The zero-order chi connectivity index (χ0) is 13.7. The van der Waals surface area contributed by atoms with Gasteiger partial charge in [-0.25, -0.2) is 0 Å². The maximum absolute atomic E-state index is 10.4. The number of aliphatic hydroxyl groups excluding tert-OH is 1. The normalized spacial score (nSPS) is 12.4. The molecule has 0 aromatic heterocycles. The van der Waals surface area contributed by atoms with Gasteiger partial charge in [0.1, 0.15) is 0 Å². The lowest BCUT2D eigenvalue weighted by Gasteiger charge is -2.16. The molecule has 2 aromatic rings. The van der Waals surface area contributed by atoms with Crippen molar-refractivity contribution >= 4 is 15.9 Å². The topological polar surface area (TPSA) is 29.5 Å². The van der Waals surface area contributed by atoms with Crippen molar-refractivity contribution in [2.45, 2.75) is 19.1 Å². The third kappa shape index (κ3) is 3.66. The Morgan fingerprint density at radius 3 is 2.37 bits per heavy atom. The molecule has 0 bridgehead atoms. The smallest absolute Gasteiger partial charge is 0.0834 e. The Labute approximate surface area is 122 Å². The van der Waals surface area contributed by atoms with Crippen LogP contribution in [0.3, 0.4) is 0 Å². The summed E-state index contributed by atoms with van der Waals surface area (Å²) in [6, 6.07) is 15.8. The lowest BCUT2D eigenvalue weighted by atomic mass is 9.97. The molecule has 2 nitrogen and oxygen atoms in total. The minimum absolute atomic E-state index is 0.517. The highest BCUT2D eigenvalue weighted by Gasteiger charge is 2.13. The summed E-state index contributed by atoms with van der Waals surface area (Å²) in [6.07, 6.45) is 0.0624. The molecule has 0 aliphatic heterocycles. The van der Waals surface area contributed by atoms with Crippen LogP contribution in [0.1, 0.15) is 22.8 Å². The summed E-state index contributed by atoms with van der Waals surface area (Å²) in [5, 5.41) is 10.4. The van der Waals surface area contributed by atoms with Crippen molar-refractivity contribution in [3.05, 3.63) is 69.7 Å². The molecule has 0 heterocycles. The predicted molar refractivity (Wildman–Crippen MR) is 80.0 cm³/mol. The van der Waals surface area contributed by atoms with Gasteiger partial charge in [-0.15, -0.1) is 0 Å². The summed E-state index contributed by atoms with van der Waals surface area (Å²) < 4.78 is 6.20. The van der Waals surface area contributed by atoms with E-state index >= 15 is 0 Å². The molecule has 100 valence electrons. The number of halogens is 1. The van der Waals surface area contributed by atoms with Crippen LogP contribution < -0.4 is 0 Å². The van der Waals surface area contributed by atoms with Crippen molar-refractivity contribution in [2.75, 3.05) is 7.11 Å². The van der Waals surface area contributed by atoms with Crippen molar-refractivity contribution < 1.29 is 9.84 Å². The van der Waals surface area contributed by atoms with Gasteiger partial charge in [0, 0.05) is 18.0 Å². The molecule has 19 heavy (non-hydrogen) atoms. The maximum Gasteiger partial charge on any atom is 0.0834 e. The Balaban J connectivity index is 2.20. The average molecular weight is 321 g/mol. The van der Waals surface area contributed by atoms with Crippen molar-refractivity contribution in [2.24, 2.45) is 0 Å². The minimum atomic E-state index is -0.523. The van der Waals surface area contributed by atoms with E-state index in [0.29, 0.717) is 13.0 Å². The van der Waals surface area contributed by atoms with E-state index in [1.807, 2.05) is 48.5 Å². The molecule has 1 N–H and O–H groups in total. The molecule has 2 aromatic carbocycles. The second kappa shape index (κ2) is 6.85. The lowest BCUT2D eigenvalue weighted by molar-refractivity contribution is 0.161. The van der Waals surface area contributed by atoms with E-state index < -0.39 is 6.10 Å². The van der Waals surface area contributed by atoms with Gasteiger partial charge in [-0.3, -0.25) is 0 Å². The number of benzene rings is 2. The summed E-state index contributed by atoms with van der Waals surface area (Å²) in [7, 11) is 1.66. The molecule has 0 saturated carbocycles. The summed E-state index contributed by atoms with van der Waals surface area (Å²) in [5.74, 6) is 0. The van der Waals surface area contributed by atoms with Crippen LogP contribution in [0.25, 0.3) is 0 Å². The van der Waals surface area contributed by atoms with Gasteiger partial charge in [0.15, 0.2) is 0 Å². The first-order chi connectivity index (χ1) is 9.22. The maximum atomic E-state index is 10.4. The molecule has 2 rings (SSSR count). The largest absolute Gasteiger partial charge is 0.388 e. The second-order valence-corrected chi connectivity index (χ2v) is 5.30. The highest BCUT2D eigenvalue weighted by atomic mass is 79.9. The monoisotopic (exact) mass is 320 g/mol. The quantitative estimate of drug-likeness (QED) is 0.906. The van der Waals surface area contributed by atoms with Gasteiger partial charge >= 0.3 is 0 Å².